The van der Waals surface area contributed by atoms with Gasteiger partial charge in [-0.3, -0.25) is 32.7 Å². The van der Waals surface area contributed by atoms with Crippen LogP contribution in [0.2, 0.25) is 0 Å². The standard InChI is InChI=1S/C25H41N2O11P/c1-15(2)36-39(31,37-16(3)4)38-20-17(14-33-23(29)25(5,6)7)34-22(27-12-11-18(28)26-24(27)30)21(20)35-19-10-8-9-13-32-19/h11-12,15-17,19-22H,8-10,13-14H2,1-7H3,(H,26,28,30)/t17-,19?,20-,21-,22-/m1/s1. The van der Waals surface area contributed by atoms with Crippen LogP contribution in [0.5, 0.6) is 0 Å². The van der Waals surface area contributed by atoms with Crippen molar-refractivity contribution in [1.29, 1.82) is 0 Å². The zero-order chi connectivity index (χ0) is 29.0. The molecule has 0 radical (unpaired) electrons. The lowest BCUT2D eigenvalue weighted by Gasteiger charge is -2.32. The summed E-state index contributed by atoms with van der Waals surface area (Å²) in [7, 11) is -4.21. The van der Waals surface area contributed by atoms with E-state index >= 15 is 0 Å². The highest BCUT2D eigenvalue weighted by Crippen LogP contribution is 2.55. The Bertz CT molecular complexity index is 1110. The highest BCUT2D eigenvalue weighted by atomic mass is 31.2. The average molecular weight is 577 g/mol. The van der Waals surface area contributed by atoms with Crippen LogP contribution >= 0.6 is 7.82 Å². The molecule has 2 aliphatic rings. The van der Waals surface area contributed by atoms with Crippen molar-refractivity contribution in [3.63, 3.8) is 0 Å². The Kier molecular flexibility index (Phi) is 10.7. The molecule has 14 heteroatoms. The maximum atomic E-state index is 13.8. The van der Waals surface area contributed by atoms with E-state index in [1.54, 1.807) is 48.5 Å². The fourth-order valence-electron chi connectivity index (χ4n) is 4.07. The van der Waals surface area contributed by atoms with E-state index in [4.69, 9.17) is 32.5 Å². The molecule has 0 amide bonds. The summed E-state index contributed by atoms with van der Waals surface area (Å²) in [5.41, 5.74) is -2.14. The van der Waals surface area contributed by atoms with E-state index in [1.807, 2.05) is 0 Å². The van der Waals surface area contributed by atoms with Gasteiger partial charge in [-0.2, -0.15) is 0 Å². The number of phosphoric ester groups is 1. The number of aromatic amines is 1. The maximum absolute atomic E-state index is 13.8. The van der Waals surface area contributed by atoms with E-state index in [2.05, 4.69) is 4.98 Å². The molecule has 1 aromatic heterocycles. The fraction of sp³-hybridized carbons (Fsp3) is 0.800. The second kappa shape index (κ2) is 13.2. The lowest BCUT2D eigenvalue weighted by Crippen LogP contribution is -2.43. The predicted octanol–water partition coefficient (Wildman–Crippen LogP) is 3.28. The molecule has 0 spiro atoms. The Morgan fingerprint density at radius 3 is 2.33 bits per heavy atom. The molecule has 2 aliphatic heterocycles. The molecular formula is C25H41N2O11P. The van der Waals surface area contributed by atoms with Crippen LogP contribution in [-0.2, 0) is 41.9 Å². The second-order valence-corrected chi connectivity index (χ2v) is 12.7. The molecule has 2 fully saturated rings. The molecule has 1 unspecified atom stereocenters. The van der Waals surface area contributed by atoms with Crippen molar-refractivity contribution >= 4 is 13.8 Å². The summed E-state index contributed by atoms with van der Waals surface area (Å²) in [5, 5.41) is 0. The van der Waals surface area contributed by atoms with Gasteiger partial charge in [0.1, 0.15) is 24.9 Å². The smallest absolute Gasteiger partial charge is 0.462 e. The number of nitrogens with zero attached hydrogens (tertiary/aromatic N) is 1. The normalized spacial score (nSPS) is 26.3. The van der Waals surface area contributed by atoms with Crippen molar-refractivity contribution in [1.82, 2.24) is 9.55 Å². The molecule has 0 saturated carbocycles. The summed E-state index contributed by atoms with van der Waals surface area (Å²) < 4.78 is 55.9. The van der Waals surface area contributed by atoms with Crippen molar-refractivity contribution in [2.75, 3.05) is 13.2 Å². The first kappa shape index (κ1) is 31.7. The number of esters is 1. The number of phosphoric acid groups is 1. The number of aromatic nitrogens is 2. The van der Waals surface area contributed by atoms with E-state index < -0.39 is 73.5 Å². The quantitative estimate of drug-likeness (QED) is 0.305. The van der Waals surface area contributed by atoms with Crippen LogP contribution in [0.25, 0.3) is 0 Å². The Morgan fingerprint density at radius 2 is 1.79 bits per heavy atom. The lowest BCUT2D eigenvalue weighted by atomic mass is 9.97. The predicted molar refractivity (Wildman–Crippen MR) is 139 cm³/mol. The van der Waals surface area contributed by atoms with Gasteiger partial charge < -0.3 is 18.9 Å². The summed E-state index contributed by atoms with van der Waals surface area (Å²) >= 11 is 0. The third-order valence-corrected chi connectivity index (χ3v) is 7.64. The Morgan fingerprint density at radius 1 is 1.13 bits per heavy atom. The van der Waals surface area contributed by atoms with E-state index in [-0.39, 0.29) is 6.61 Å². The Hall–Kier alpha value is -1.86. The molecule has 5 atom stereocenters. The SMILES string of the molecule is CC(C)OP(=O)(OC(C)C)O[C@H]1[C@@H](OC2CCCCO2)[C@H](n2ccc(=O)[nH]c2=O)O[C@@H]1COC(=O)C(C)(C)C. The van der Waals surface area contributed by atoms with E-state index in [9.17, 15) is 18.9 Å². The Balaban J connectivity index is 2.03. The number of H-pyrrole nitrogens is 1. The second-order valence-electron chi connectivity index (χ2n) is 11.2. The van der Waals surface area contributed by atoms with Gasteiger partial charge in [-0.1, -0.05) is 0 Å². The van der Waals surface area contributed by atoms with Gasteiger partial charge >= 0.3 is 19.5 Å². The monoisotopic (exact) mass is 576 g/mol. The van der Waals surface area contributed by atoms with Crippen molar-refractivity contribution < 1.29 is 41.9 Å². The summed E-state index contributed by atoms with van der Waals surface area (Å²) in [6.07, 6.45) is -2.62. The van der Waals surface area contributed by atoms with Gasteiger partial charge in [-0.25, -0.2) is 9.36 Å². The van der Waals surface area contributed by atoms with Crippen molar-refractivity contribution in [2.24, 2.45) is 5.41 Å². The average Bonchev–Trinajstić information content (AvgIpc) is 3.12. The van der Waals surface area contributed by atoms with Crippen molar-refractivity contribution in [3.05, 3.63) is 33.1 Å². The zero-order valence-electron chi connectivity index (χ0n) is 23.6. The third kappa shape index (κ3) is 8.81. The van der Waals surface area contributed by atoms with Crippen molar-refractivity contribution in [2.45, 2.75) is 111 Å². The number of hydrogen-bond acceptors (Lipinski definition) is 11. The van der Waals surface area contributed by atoms with Crippen LogP contribution < -0.4 is 11.2 Å². The van der Waals surface area contributed by atoms with Crippen LogP contribution in [0.4, 0.5) is 0 Å². The van der Waals surface area contributed by atoms with Crippen LogP contribution in [0.3, 0.4) is 0 Å². The first-order valence-corrected chi connectivity index (χ1v) is 14.7. The number of ether oxygens (including phenoxy) is 4. The molecule has 222 valence electrons. The zero-order valence-corrected chi connectivity index (χ0v) is 24.5. The molecule has 0 bridgehead atoms. The maximum Gasteiger partial charge on any atom is 0.475 e. The van der Waals surface area contributed by atoms with Crippen molar-refractivity contribution in [3.8, 4) is 0 Å². The van der Waals surface area contributed by atoms with Gasteiger partial charge in [0.05, 0.1) is 17.6 Å². The number of rotatable bonds is 11. The van der Waals surface area contributed by atoms with Gasteiger partial charge in [0, 0.05) is 18.9 Å². The van der Waals surface area contributed by atoms with E-state index in [0.717, 1.165) is 23.5 Å². The van der Waals surface area contributed by atoms with E-state index in [1.165, 1.54) is 6.20 Å². The van der Waals surface area contributed by atoms with Gasteiger partial charge in [0.15, 0.2) is 12.5 Å². The lowest BCUT2D eigenvalue weighted by molar-refractivity contribution is -0.215. The van der Waals surface area contributed by atoms with E-state index in [0.29, 0.717) is 13.0 Å². The molecule has 3 heterocycles. The minimum Gasteiger partial charge on any atom is -0.462 e. The minimum absolute atomic E-state index is 0.301. The number of carbonyl (C=O) groups excluding carboxylic acids is 1. The first-order chi connectivity index (χ1) is 18.2. The number of carbonyl (C=O) groups is 1. The fourth-order valence-corrected chi connectivity index (χ4v) is 5.81. The van der Waals surface area contributed by atoms with Crippen LogP contribution in [0.1, 0.15) is 74.0 Å². The molecule has 1 N–H and O–H groups in total. The Labute approximate surface area is 228 Å². The number of nitrogens with one attached hydrogen (secondary N) is 1. The van der Waals surface area contributed by atoms with Crippen LogP contribution in [0.15, 0.2) is 21.9 Å². The molecular weight excluding hydrogens is 535 g/mol. The largest absolute Gasteiger partial charge is 0.475 e. The summed E-state index contributed by atoms with van der Waals surface area (Å²) in [6.45, 7) is 12.0. The minimum atomic E-state index is -4.21. The molecule has 13 nitrogen and oxygen atoms in total. The summed E-state index contributed by atoms with van der Waals surface area (Å²) in [6, 6.07) is 1.16. The molecule has 2 saturated heterocycles. The van der Waals surface area contributed by atoms with Crippen LogP contribution in [-0.4, -0.2) is 65.5 Å². The first-order valence-electron chi connectivity index (χ1n) is 13.2. The van der Waals surface area contributed by atoms with Gasteiger partial charge in [0.25, 0.3) is 5.56 Å². The molecule has 39 heavy (non-hydrogen) atoms. The highest BCUT2D eigenvalue weighted by Gasteiger charge is 2.53. The molecule has 1 aromatic rings. The highest BCUT2D eigenvalue weighted by molar-refractivity contribution is 7.48. The molecule has 0 aliphatic carbocycles. The van der Waals surface area contributed by atoms with Gasteiger partial charge in [-0.05, 0) is 67.7 Å². The molecule has 3 rings (SSSR count). The molecule has 0 aromatic carbocycles. The topological polar surface area (TPSA) is 154 Å². The van der Waals surface area contributed by atoms with Gasteiger partial charge in [-0.15, -0.1) is 0 Å². The number of hydrogen-bond donors (Lipinski definition) is 1. The van der Waals surface area contributed by atoms with Gasteiger partial charge in [0.2, 0.25) is 0 Å². The third-order valence-electron chi connectivity index (χ3n) is 5.78. The summed E-state index contributed by atoms with van der Waals surface area (Å²) in [4.78, 5) is 39.3. The van der Waals surface area contributed by atoms with Crippen LogP contribution in [0, 0.1) is 5.41 Å². The summed E-state index contributed by atoms with van der Waals surface area (Å²) in [5.74, 6) is -0.498.